The second-order valence-corrected chi connectivity index (χ2v) is 6.67. The number of carbonyl (C=O) groups excluding carboxylic acids is 1. The number of rotatable bonds is 3. The summed E-state index contributed by atoms with van der Waals surface area (Å²) in [6.07, 6.45) is -0.861. The third-order valence-electron chi connectivity index (χ3n) is 3.99. The van der Waals surface area contributed by atoms with Crippen LogP contribution in [0.25, 0.3) is 16.2 Å². The van der Waals surface area contributed by atoms with Crippen LogP contribution in [0.3, 0.4) is 0 Å². The summed E-state index contributed by atoms with van der Waals surface area (Å²) < 4.78 is 41.2. The summed E-state index contributed by atoms with van der Waals surface area (Å²) in [6.45, 7) is 0. The van der Waals surface area contributed by atoms with Gasteiger partial charge in [0.25, 0.3) is 5.91 Å². The summed E-state index contributed by atoms with van der Waals surface area (Å²) in [7, 11) is 0. The molecule has 1 N–H and O–H groups in total. The number of aromatic nitrogens is 2. The van der Waals surface area contributed by atoms with E-state index in [2.05, 4.69) is 10.3 Å². The van der Waals surface area contributed by atoms with Crippen molar-refractivity contribution >= 4 is 27.9 Å². The Morgan fingerprint density at radius 2 is 1.93 bits per heavy atom. The van der Waals surface area contributed by atoms with Gasteiger partial charge >= 0.3 is 6.18 Å². The molecule has 0 aliphatic heterocycles. The molecule has 4 rings (SSSR count). The summed E-state index contributed by atoms with van der Waals surface area (Å²) in [5, 5.41) is 4.46. The minimum Gasteiger partial charge on any atom is -0.322 e. The number of carbonyl (C=O) groups is 1. The van der Waals surface area contributed by atoms with Crippen LogP contribution in [0.1, 0.15) is 15.9 Å². The van der Waals surface area contributed by atoms with Crippen LogP contribution in [0.5, 0.6) is 0 Å². The second kappa shape index (κ2) is 6.55. The van der Waals surface area contributed by atoms with Gasteiger partial charge in [-0.1, -0.05) is 24.3 Å². The van der Waals surface area contributed by atoms with Gasteiger partial charge in [-0.3, -0.25) is 9.20 Å². The Hall–Kier alpha value is -3.13. The minimum absolute atomic E-state index is 0.394. The van der Waals surface area contributed by atoms with Crippen LogP contribution in [0.15, 0.2) is 66.3 Å². The molecule has 2 aromatic carbocycles. The number of anilines is 1. The van der Waals surface area contributed by atoms with Crippen molar-refractivity contribution in [3.05, 3.63) is 77.4 Å². The highest BCUT2D eigenvalue weighted by atomic mass is 32.1. The maximum Gasteiger partial charge on any atom is 0.417 e. The van der Waals surface area contributed by atoms with Crippen LogP contribution in [-0.4, -0.2) is 15.3 Å². The number of halogens is 3. The Kier molecular flexibility index (Phi) is 4.19. The predicted octanol–water partition coefficient (Wildman–Crippen LogP) is 5.33. The molecular weight excluding hydrogens is 375 g/mol. The lowest BCUT2D eigenvalue weighted by atomic mass is 10.1. The molecule has 0 spiro atoms. The average molecular weight is 387 g/mol. The predicted molar refractivity (Wildman–Crippen MR) is 97.9 cm³/mol. The molecule has 4 nitrogen and oxygen atoms in total. The Morgan fingerprint density at radius 1 is 1.11 bits per heavy atom. The summed E-state index contributed by atoms with van der Waals surface area (Å²) >= 11 is 1.49. The zero-order valence-electron chi connectivity index (χ0n) is 13.7. The zero-order chi connectivity index (χ0) is 19.0. The summed E-state index contributed by atoms with van der Waals surface area (Å²) in [5.41, 5.74) is 0.484. The number of nitrogens with one attached hydrogen (secondary N) is 1. The van der Waals surface area contributed by atoms with E-state index >= 15 is 0 Å². The van der Waals surface area contributed by atoms with E-state index in [1.807, 2.05) is 28.2 Å². The highest BCUT2D eigenvalue weighted by Gasteiger charge is 2.34. The van der Waals surface area contributed by atoms with E-state index in [0.717, 1.165) is 22.7 Å². The van der Waals surface area contributed by atoms with Gasteiger partial charge in [-0.2, -0.15) is 13.2 Å². The lowest BCUT2D eigenvalue weighted by molar-refractivity contribution is -0.137. The molecule has 0 saturated carbocycles. The molecule has 8 heteroatoms. The first-order valence-corrected chi connectivity index (χ1v) is 8.80. The van der Waals surface area contributed by atoms with Crippen molar-refractivity contribution in [2.75, 3.05) is 5.32 Å². The van der Waals surface area contributed by atoms with E-state index in [4.69, 9.17) is 0 Å². The maximum atomic E-state index is 13.1. The Bertz CT molecular complexity index is 1100. The number of hydrogen-bond donors (Lipinski definition) is 1. The lowest BCUT2D eigenvalue weighted by Crippen LogP contribution is -2.18. The number of thiazole rings is 1. The highest BCUT2D eigenvalue weighted by Crippen LogP contribution is 2.32. The first-order chi connectivity index (χ1) is 12.9. The van der Waals surface area contributed by atoms with Crippen LogP contribution in [0.2, 0.25) is 0 Å². The molecule has 0 unspecified atom stereocenters. The van der Waals surface area contributed by atoms with E-state index in [9.17, 15) is 18.0 Å². The van der Waals surface area contributed by atoms with Crippen molar-refractivity contribution in [1.29, 1.82) is 0 Å². The molecule has 1 amide bonds. The quantitative estimate of drug-likeness (QED) is 0.516. The second-order valence-electron chi connectivity index (χ2n) is 5.80. The molecule has 0 saturated heterocycles. The fourth-order valence-corrected chi connectivity index (χ4v) is 3.45. The summed E-state index contributed by atoms with van der Waals surface area (Å²) in [6, 6.07) is 11.5. The molecule has 0 aliphatic rings. The smallest absolute Gasteiger partial charge is 0.322 e. The SMILES string of the molecule is O=C(Nc1cccc(-c2cn3ccsc3n2)c1)c1ccccc1C(F)(F)F. The molecular formula is C19H12F3N3OS. The van der Waals surface area contributed by atoms with Crippen molar-refractivity contribution in [3.8, 4) is 11.3 Å². The van der Waals surface area contributed by atoms with E-state index in [0.29, 0.717) is 11.4 Å². The van der Waals surface area contributed by atoms with Crippen LogP contribution in [-0.2, 0) is 6.18 Å². The summed E-state index contributed by atoms with van der Waals surface area (Å²) in [4.78, 5) is 17.7. The largest absolute Gasteiger partial charge is 0.417 e. The number of fused-ring (bicyclic) bond motifs is 1. The number of hydrogen-bond acceptors (Lipinski definition) is 3. The van der Waals surface area contributed by atoms with Crippen LogP contribution in [0, 0.1) is 0 Å². The summed E-state index contributed by atoms with van der Waals surface area (Å²) in [5.74, 6) is -0.814. The van der Waals surface area contributed by atoms with Gasteiger partial charge in [0.2, 0.25) is 0 Å². The normalized spacial score (nSPS) is 11.7. The third kappa shape index (κ3) is 3.43. The van der Waals surface area contributed by atoms with Crippen molar-refractivity contribution in [2.24, 2.45) is 0 Å². The van der Waals surface area contributed by atoms with Crippen LogP contribution >= 0.6 is 11.3 Å². The topological polar surface area (TPSA) is 46.4 Å². The number of imidazole rings is 1. The fourth-order valence-electron chi connectivity index (χ4n) is 2.75. The molecule has 0 aliphatic carbocycles. The van der Waals surface area contributed by atoms with Crippen molar-refractivity contribution in [2.45, 2.75) is 6.18 Å². The fraction of sp³-hybridized carbons (Fsp3) is 0.0526. The van der Waals surface area contributed by atoms with Gasteiger partial charge in [0.15, 0.2) is 4.96 Å². The first-order valence-electron chi connectivity index (χ1n) is 7.92. The number of nitrogens with zero attached hydrogens (tertiary/aromatic N) is 2. The number of amides is 1. The van der Waals surface area contributed by atoms with Crippen molar-refractivity contribution in [1.82, 2.24) is 9.38 Å². The van der Waals surface area contributed by atoms with Gasteiger partial charge < -0.3 is 5.32 Å². The minimum atomic E-state index is -4.60. The molecule has 0 atom stereocenters. The zero-order valence-corrected chi connectivity index (χ0v) is 14.5. The van der Waals surface area contributed by atoms with Gasteiger partial charge in [0.1, 0.15) is 0 Å². The van der Waals surface area contributed by atoms with Gasteiger partial charge in [-0.05, 0) is 24.3 Å². The van der Waals surface area contributed by atoms with Gasteiger partial charge in [-0.15, -0.1) is 11.3 Å². The van der Waals surface area contributed by atoms with Gasteiger partial charge in [0, 0.05) is 29.0 Å². The van der Waals surface area contributed by atoms with E-state index in [-0.39, 0.29) is 0 Å². The van der Waals surface area contributed by atoms with E-state index in [1.54, 1.807) is 18.2 Å². The molecule has 2 heterocycles. The van der Waals surface area contributed by atoms with Crippen molar-refractivity contribution < 1.29 is 18.0 Å². The number of alkyl halides is 3. The molecule has 0 bridgehead atoms. The standard InChI is InChI=1S/C19H12F3N3OS/c20-19(21,22)15-7-2-1-6-14(15)17(26)23-13-5-3-4-12(10-13)16-11-25-8-9-27-18(25)24-16/h1-11H,(H,23,26). The van der Waals surface area contributed by atoms with Gasteiger partial charge in [0.05, 0.1) is 16.8 Å². The van der Waals surface area contributed by atoms with Crippen LogP contribution in [0.4, 0.5) is 18.9 Å². The third-order valence-corrected chi connectivity index (χ3v) is 4.76. The molecule has 0 radical (unpaired) electrons. The monoisotopic (exact) mass is 387 g/mol. The average Bonchev–Trinajstić information content (AvgIpc) is 3.23. The number of benzene rings is 2. The Morgan fingerprint density at radius 3 is 2.70 bits per heavy atom. The maximum absolute atomic E-state index is 13.1. The molecule has 136 valence electrons. The van der Waals surface area contributed by atoms with Gasteiger partial charge in [-0.25, -0.2) is 4.98 Å². The molecule has 0 fully saturated rings. The Labute approximate surface area is 155 Å². The molecule has 27 heavy (non-hydrogen) atoms. The molecule has 4 aromatic rings. The molecule has 2 aromatic heterocycles. The van der Waals surface area contributed by atoms with E-state index in [1.165, 1.54) is 23.5 Å². The van der Waals surface area contributed by atoms with Crippen LogP contribution < -0.4 is 5.32 Å². The Balaban J connectivity index is 1.62. The van der Waals surface area contributed by atoms with Crippen molar-refractivity contribution in [3.63, 3.8) is 0 Å². The highest BCUT2D eigenvalue weighted by molar-refractivity contribution is 7.15. The first kappa shape index (κ1) is 17.3. The van der Waals surface area contributed by atoms with E-state index < -0.39 is 23.2 Å². The lowest BCUT2D eigenvalue weighted by Gasteiger charge is -2.13.